The summed E-state index contributed by atoms with van der Waals surface area (Å²) in [5.74, 6) is -0.336. The predicted molar refractivity (Wildman–Crippen MR) is 103 cm³/mol. The van der Waals surface area contributed by atoms with Crippen LogP contribution in [0.5, 0.6) is 0 Å². The zero-order valence-electron chi connectivity index (χ0n) is 15.4. The van der Waals surface area contributed by atoms with Crippen molar-refractivity contribution in [3.8, 4) is 11.4 Å². The van der Waals surface area contributed by atoms with Crippen molar-refractivity contribution in [3.63, 3.8) is 0 Å². The summed E-state index contributed by atoms with van der Waals surface area (Å²) >= 11 is 5.91. The molecule has 0 saturated heterocycles. The van der Waals surface area contributed by atoms with Gasteiger partial charge in [-0.15, -0.1) is 5.10 Å². The molecule has 0 bridgehead atoms. The van der Waals surface area contributed by atoms with Crippen molar-refractivity contribution in [2.45, 2.75) is 31.6 Å². The highest BCUT2D eigenvalue weighted by Crippen LogP contribution is 2.36. The average molecular weight is 438 g/mol. The van der Waals surface area contributed by atoms with Crippen LogP contribution in [-0.2, 0) is 17.5 Å². The number of hydrogen-bond acceptors (Lipinski definition) is 4. The molecule has 1 aromatic carbocycles. The zero-order valence-corrected chi connectivity index (χ0v) is 16.1. The molecule has 0 spiro atoms. The fourth-order valence-corrected chi connectivity index (χ4v) is 3.16. The van der Waals surface area contributed by atoms with E-state index in [0.29, 0.717) is 11.4 Å². The van der Waals surface area contributed by atoms with Gasteiger partial charge < -0.3 is 5.32 Å². The summed E-state index contributed by atoms with van der Waals surface area (Å²) in [4.78, 5) is 29.2. The van der Waals surface area contributed by atoms with Gasteiger partial charge in [0.05, 0.1) is 16.3 Å². The van der Waals surface area contributed by atoms with Gasteiger partial charge in [-0.1, -0.05) is 11.6 Å². The van der Waals surface area contributed by atoms with E-state index in [4.69, 9.17) is 11.6 Å². The monoisotopic (exact) mass is 437 g/mol. The molecule has 11 heteroatoms. The molecular formula is C19H15ClF3N5O2. The van der Waals surface area contributed by atoms with E-state index in [2.05, 4.69) is 15.4 Å². The summed E-state index contributed by atoms with van der Waals surface area (Å²) in [5, 5.41) is 6.52. The van der Waals surface area contributed by atoms with E-state index in [1.165, 1.54) is 4.57 Å². The molecule has 1 amide bonds. The third-order valence-electron chi connectivity index (χ3n) is 4.56. The number of alkyl halides is 3. The number of hydrogen-bond donors (Lipinski definition) is 1. The Morgan fingerprint density at radius 1 is 1.27 bits per heavy atom. The number of amides is 1. The molecule has 2 aromatic heterocycles. The molecule has 0 radical (unpaired) electrons. The van der Waals surface area contributed by atoms with E-state index >= 15 is 0 Å². The second kappa shape index (κ2) is 7.60. The van der Waals surface area contributed by atoms with Crippen LogP contribution in [0.15, 0.2) is 47.5 Å². The minimum atomic E-state index is -4.58. The van der Waals surface area contributed by atoms with Crippen molar-refractivity contribution in [2.24, 2.45) is 0 Å². The third kappa shape index (κ3) is 4.09. The molecular weight excluding hydrogens is 423 g/mol. The van der Waals surface area contributed by atoms with Crippen LogP contribution in [0.25, 0.3) is 11.4 Å². The van der Waals surface area contributed by atoms with Gasteiger partial charge in [0, 0.05) is 24.0 Å². The summed E-state index contributed by atoms with van der Waals surface area (Å²) in [6, 6.07) is 6.07. The van der Waals surface area contributed by atoms with Gasteiger partial charge in [-0.25, -0.2) is 9.48 Å². The molecule has 1 fully saturated rings. The van der Waals surface area contributed by atoms with Crippen LogP contribution in [0.3, 0.4) is 0 Å². The van der Waals surface area contributed by atoms with Crippen molar-refractivity contribution in [1.82, 2.24) is 19.3 Å². The van der Waals surface area contributed by atoms with Crippen LogP contribution in [0.2, 0.25) is 5.02 Å². The first-order chi connectivity index (χ1) is 14.2. The summed E-state index contributed by atoms with van der Waals surface area (Å²) < 4.78 is 41.2. The molecule has 1 aliphatic carbocycles. The smallest absolute Gasteiger partial charge is 0.323 e. The Bertz CT molecular complexity index is 1150. The second-order valence-corrected chi connectivity index (χ2v) is 7.25. The lowest BCUT2D eigenvalue weighted by Crippen LogP contribution is -2.30. The molecule has 0 atom stereocenters. The van der Waals surface area contributed by atoms with Crippen LogP contribution < -0.4 is 11.0 Å². The Kier molecular flexibility index (Phi) is 5.10. The number of nitrogens with one attached hydrogen (secondary N) is 1. The molecule has 156 valence electrons. The van der Waals surface area contributed by atoms with Crippen molar-refractivity contribution >= 4 is 23.2 Å². The standard InChI is InChI=1S/C19H15ClF3N5O2/c20-14-6-3-12(19(21,22)23)8-15(14)25-16(29)10-27-18(30)28(13-4-5-13)17(26-27)11-2-1-7-24-9-11/h1-3,6-9,13H,4-5,10H2,(H,25,29). The van der Waals surface area contributed by atoms with Crippen molar-refractivity contribution in [1.29, 1.82) is 0 Å². The van der Waals surface area contributed by atoms with E-state index in [1.54, 1.807) is 24.5 Å². The lowest BCUT2D eigenvalue weighted by Gasteiger charge is -2.11. The van der Waals surface area contributed by atoms with E-state index < -0.39 is 29.9 Å². The first kappa shape index (κ1) is 20.1. The van der Waals surface area contributed by atoms with Gasteiger partial charge in [0.15, 0.2) is 5.82 Å². The number of carbonyl (C=O) groups is 1. The number of carbonyl (C=O) groups excluding carboxylic acids is 1. The summed E-state index contributed by atoms with van der Waals surface area (Å²) in [6.07, 6.45) is 0.220. The Balaban J connectivity index is 1.60. The van der Waals surface area contributed by atoms with Gasteiger partial charge in [-0.05, 0) is 43.2 Å². The maximum Gasteiger partial charge on any atom is 0.416 e. The minimum absolute atomic E-state index is 0.00225. The maximum absolute atomic E-state index is 12.9. The van der Waals surface area contributed by atoms with Crippen LogP contribution in [0.1, 0.15) is 24.4 Å². The number of halogens is 4. The Hall–Kier alpha value is -3.14. The van der Waals surface area contributed by atoms with Gasteiger partial charge in [0.2, 0.25) is 5.91 Å². The van der Waals surface area contributed by atoms with Gasteiger partial charge in [-0.2, -0.15) is 13.2 Å². The normalized spacial score (nSPS) is 14.0. The average Bonchev–Trinajstić information content (AvgIpc) is 3.48. The second-order valence-electron chi connectivity index (χ2n) is 6.85. The fourth-order valence-electron chi connectivity index (χ4n) is 3.00. The van der Waals surface area contributed by atoms with Crippen LogP contribution >= 0.6 is 11.6 Å². The van der Waals surface area contributed by atoms with Crippen molar-refractivity contribution in [3.05, 3.63) is 63.8 Å². The molecule has 3 aromatic rings. The van der Waals surface area contributed by atoms with E-state index in [1.807, 2.05) is 0 Å². The molecule has 30 heavy (non-hydrogen) atoms. The summed E-state index contributed by atoms with van der Waals surface area (Å²) in [7, 11) is 0. The molecule has 4 rings (SSSR count). The highest BCUT2D eigenvalue weighted by atomic mass is 35.5. The number of pyridine rings is 1. The van der Waals surface area contributed by atoms with Crippen LogP contribution in [0.4, 0.5) is 18.9 Å². The number of benzene rings is 1. The molecule has 7 nitrogen and oxygen atoms in total. The summed E-state index contributed by atoms with van der Waals surface area (Å²) in [6.45, 7) is -0.474. The van der Waals surface area contributed by atoms with E-state index in [-0.39, 0.29) is 16.8 Å². The first-order valence-electron chi connectivity index (χ1n) is 9.00. The number of aromatic nitrogens is 4. The zero-order chi connectivity index (χ0) is 21.5. The van der Waals surface area contributed by atoms with Gasteiger partial charge >= 0.3 is 11.9 Å². The molecule has 1 N–H and O–H groups in total. The highest BCUT2D eigenvalue weighted by molar-refractivity contribution is 6.33. The van der Waals surface area contributed by atoms with Crippen molar-refractivity contribution < 1.29 is 18.0 Å². The van der Waals surface area contributed by atoms with Gasteiger partial charge in [0.25, 0.3) is 0 Å². The molecule has 1 saturated carbocycles. The number of rotatable bonds is 5. The number of nitrogens with zero attached hydrogens (tertiary/aromatic N) is 4. The summed E-state index contributed by atoms with van der Waals surface area (Å²) in [5.41, 5.74) is -0.988. The fraction of sp³-hybridized carbons (Fsp3) is 0.263. The van der Waals surface area contributed by atoms with E-state index in [0.717, 1.165) is 35.7 Å². The van der Waals surface area contributed by atoms with Gasteiger partial charge in [-0.3, -0.25) is 14.3 Å². The Labute approximate surface area is 173 Å². The molecule has 0 unspecified atom stereocenters. The van der Waals surface area contributed by atoms with Crippen LogP contribution in [0, 0.1) is 0 Å². The first-order valence-corrected chi connectivity index (χ1v) is 9.38. The molecule has 2 heterocycles. The topological polar surface area (TPSA) is 81.8 Å². The molecule has 0 aliphatic heterocycles. The minimum Gasteiger partial charge on any atom is -0.323 e. The van der Waals surface area contributed by atoms with Crippen LogP contribution in [-0.4, -0.2) is 25.2 Å². The predicted octanol–water partition coefficient (Wildman–Crippen LogP) is 3.75. The lowest BCUT2D eigenvalue weighted by atomic mass is 10.2. The SMILES string of the molecule is O=C(Cn1nc(-c2cccnc2)n(C2CC2)c1=O)Nc1cc(C(F)(F)F)ccc1Cl. The largest absolute Gasteiger partial charge is 0.416 e. The molecule has 1 aliphatic rings. The number of anilines is 1. The maximum atomic E-state index is 12.9. The quantitative estimate of drug-likeness (QED) is 0.659. The highest BCUT2D eigenvalue weighted by Gasteiger charge is 2.32. The Morgan fingerprint density at radius 3 is 2.67 bits per heavy atom. The Morgan fingerprint density at radius 2 is 2.03 bits per heavy atom. The third-order valence-corrected chi connectivity index (χ3v) is 4.89. The van der Waals surface area contributed by atoms with E-state index in [9.17, 15) is 22.8 Å². The lowest BCUT2D eigenvalue weighted by molar-refractivity contribution is -0.137. The van der Waals surface area contributed by atoms with Gasteiger partial charge in [0.1, 0.15) is 6.54 Å². The van der Waals surface area contributed by atoms with Crippen molar-refractivity contribution in [2.75, 3.05) is 5.32 Å².